The third-order valence-electron chi connectivity index (χ3n) is 3.63. The van der Waals surface area contributed by atoms with E-state index >= 15 is 0 Å². The average molecular weight is 414 g/mol. The van der Waals surface area contributed by atoms with Gasteiger partial charge in [-0.3, -0.25) is 9.59 Å². The van der Waals surface area contributed by atoms with E-state index in [9.17, 15) is 9.59 Å². The number of nitrogens with zero attached hydrogens (tertiary/aromatic N) is 1. The third kappa shape index (κ3) is 9.91. The van der Waals surface area contributed by atoms with Gasteiger partial charge in [0.05, 0.1) is 0 Å². The Balaban J connectivity index is 0.00000338. The van der Waals surface area contributed by atoms with Crippen LogP contribution in [0.4, 0.5) is 0 Å². The van der Waals surface area contributed by atoms with Gasteiger partial charge in [-0.25, -0.2) is 0 Å². The second-order valence-corrected chi connectivity index (χ2v) is 5.65. The molecule has 2 rings (SSSR count). The zero-order valence-corrected chi connectivity index (χ0v) is 16.1. The Morgan fingerprint density at radius 3 is 1.56 bits per heavy atom. The van der Waals surface area contributed by atoms with Crippen molar-refractivity contribution < 1.29 is 31.8 Å². The van der Waals surface area contributed by atoms with Crippen LogP contribution >= 0.6 is 0 Å². The molecule has 0 heterocycles. The van der Waals surface area contributed by atoms with Crippen molar-refractivity contribution in [2.75, 3.05) is 26.2 Å². The normalized spacial score (nSPS) is 17.8. The van der Waals surface area contributed by atoms with Gasteiger partial charge in [0.1, 0.15) is 0 Å². The summed E-state index contributed by atoms with van der Waals surface area (Å²) in [6.45, 7) is 3.19. The van der Waals surface area contributed by atoms with E-state index in [1.807, 2.05) is 12.2 Å². The molecule has 0 fully saturated rings. The summed E-state index contributed by atoms with van der Waals surface area (Å²) in [4.78, 5) is 23.0. The van der Waals surface area contributed by atoms with Crippen LogP contribution in [-0.2, 0) is 26.4 Å². The van der Waals surface area contributed by atoms with Crippen molar-refractivity contribution in [2.45, 2.75) is 12.8 Å². The fraction of sp³-hybridized carbons (Fsp3) is 0.300. The Morgan fingerprint density at radius 2 is 1.15 bits per heavy atom. The second kappa shape index (κ2) is 14.9. The first-order chi connectivity index (χ1) is 12.3. The molecule has 0 saturated carbocycles. The zero-order chi connectivity index (χ0) is 17.7. The number of ketones is 2. The molecule has 0 saturated heterocycles. The number of carbonyl (C=O) groups is 2. The Bertz CT molecular complexity index is 605. The van der Waals surface area contributed by atoms with Gasteiger partial charge in [-0.1, -0.05) is 37.1 Å². The summed E-state index contributed by atoms with van der Waals surface area (Å²) in [7, 11) is 0. The molecule has 0 spiro atoms. The average Bonchev–Trinajstić information content (AvgIpc) is 2.62. The molecule has 2 aliphatic rings. The van der Waals surface area contributed by atoms with Crippen LogP contribution in [0.5, 0.6) is 0 Å². The van der Waals surface area contributed by atoms with E-state index < -0.39 is 0 Å². The molecule has 3 N–H and O–H groups in total. The molecule has 0 aliphatic heterocycles. The van der Waals surface area contributed by atoms with Gasteiger partial charge in [0.2, 0.25) is 0 Å². The molecule has 27 heavy (non-hydrogen) atoms. The smallest absolute Gasteiger partial charge is 0.187 e. The molecule has 0 aromatic rings. The molecule has 1 radical (unpaired) electrons. The van der Waals surface area contributed by atoms with Gasteiger partial charge in [-0.15, -0.1) is 13.1 Å². The summed E-state index contributed by atoms with van der Waals surface area (Å²) in [5, 5.41) is 10.8. The van der Waals surface area contributed by atoms with Crippen LogP contribution in [-0.4, -0.2) is 43.2 Å². The molecule has 2 aliphatic carbocycles. The fourth-order valence-corrected chi connectivity index (χ4v) is 2.26. The minimum absolute atomic E-state index is 0. The van der Waals surface area contributed by atoms with E-state index in [-0.39, 0.29) is 33.8 Å². The van der Waals surface area contributed by atoms with Gasteiger partial charge in [0, 0.05) is 53.4 Å². The molecule has 149 valence electrons. The summed E-state index contributed by atoms with van der Waals surface area (Å²) in [5.41, 5.74) is 1.36. The Hall–Kier alpha value is -2.19. The second-order valence-electron chi connectivity index (χ2n) is 5.65. The van der Waals surface area contributed by atoms with Gasteiger partial charge in [-0.2, -0.15) is 0 Å². The van der Waals surface area contributed by atoms with E-state index in [0.717, 1.165) is 39.0 Å². The predicted molar refractivity (Wildman–Crippen MR) is 103 cm³/mol. The van der Waals surface area contributed by atoms with Gasteiger partial charge in [-0.05, 0) is 24.3 Å². The van der Waals surface area contributed by atoms with Crippen molar-refractivity contribution in [3.05, 3.63) is 77.5 Å². The van der Waals surface area contributed by atoms with Crippen molar-refractivity contribution in [3.8, 4) is 0 Å². The van der Waals surface area contributed by atoms with E-state index in [1.165, 1.54) is 0 Å². The first kappa shape index (κ1) is 24.8. The van der Waals surface area contributed by atoms with Crippen molar-refractivity contribution in [1.29, 1.82) is 0 Å². The maximum Gasteiger partial charge on any atom is 0.187 e. The largest absolute Gasteiger partial charge is 0.870 e. The fourth-order valence-electron chi connectivity index (χ4n) is 2.26. The number of rotatable bonds is 10. The van der Waals surface area contributed by atoms with E-state index in [1.54, 1.807) is 48.9 Å². The number of hydrogen-bond donors (Lipinski definition) is 2. The summed E-state index contributed by atoms with van der Waals surface area (Å²) in [6, 6.07) is 0. The van der Waals surface area contributed by atoms with Crippen LogP contribution in [0.25, 0.3) is 5.32 Å². The van der Waals surface area contributed by atoms with Crippen molar-refractivity contribution in [1.82, 2.24) is 10.6 Å². The first-order valence-electron chi connectivity index (χ1n) is 8.56. The van der Waals surface area contributed by atoms with E-state index in [4.69, 9.17) is 0 Å². The van der Waals surface area contributed by atoms with Crippen molar-refractivity contribution in [3.63, 3.8) is 0 Å². The Morgan fingerprint density at radius 1 is 0.741 bits per heavy atom. The molecule has 0 bridgehead atoms. The number of carbonyl (C=O) groups excluding carboxylic acids is 2. The molecule has 0 amide bonds. The first-order valence-corrected chi connectivity index (χ1v) is 8.56. The minimum atomic E-state index is 0. The van der Waals surface area contributed by atoms with E-state index in [0.29, 0.717) is 11.1 Å². The molecule has 0 unspecified atom stereocenters. The van der Waals surface area contributed by atoms with Crippen LogP contribution in [0, 0.1) is 0 Å². The number of nitrogens with one attached hydrogen (secondary N) is 2. The molecule has 7 heteroatoms. The summed E-state index contributed by atoms with van der Waals surface area (Å²) in [6.07, 6.45) is 19.3. The standard InChI is InChI=1S/C20H24N3O2.Co.H2O/c24-19-9-3-1-7-17(19)15-22-13-5-11-21-12-6-14-23-16-18-8-2-4-10-20(18)25;;/h1-4,7-10,15-16,22-23H,5-6,11-14H2;;1H2/q-1;;/p-1. The summed E-state index contributed by atoms with van der Waals surface area (Å²) >= 11 is 0. The van der Waals surface area contributed by atoms with Gasteiger partial charge < -0.3 is 21.4 Å². The maximum atomic E-state index is 11.5. The molecular weight excluding hydrogens is 389 g/mol. The van der Waals surface area contributed by atoms with Crippen LogP contribution < -0.4 is 10.6 Å². The third-order valence-corrected chi connectivity index (χ3v) is 3.63. The van der Waals surface area contributed by atoms with Crippen LogP contribution in [0.3, 0.4) is 0 Å². The van der Waals surface area contributed by atoms with Crippen LogP contribution in [0.2, 0.25) is 0 Å². The Labute approximate surface area is 170 Å². The minimum Gasteiger partial charge on any atom is -0.870 e. The topological polar surface area (TPSA) is 102 Å². The van der Waals surface area contributed by atoms with Gasteiger partial charge in [0.15, 0.2) is 11.6 Å². The molecule has 0 aromatic heterocycles. The van der Waals surface area contributed by atoms with Crippen molar-refractivity contribution in [2.24, 2.45) is 0 Å². The maximum absolute atomic E-state index is 11.5. The van der Waals surface area contributed by atoms with Crippen molar-refractivity contribution >= 4 is 11.6 Å². The molecule has 6 nitrogen and oxygen atoms in total. The molecule has 0 atom stereocenters. The summed E-state index contributed by atoms with van der Waals surface area (Å²) in [5.74, 6) is 0.0622. The number of allylic oxidation sites excluding steroid dienone is 10. The quantitative estimate of drug-likeness (QED) is 0.422. The van der Waals surface area contributed by atoms with E-state index in [2.05, 4.69) is 16.0 Å². The summed E-state index contributed by atoms with van der Waals surface area (Å²) < 4.78 is 0. The molecular formula is C20H25CoN3O3-2. The predicted octanol–water partition coefficient (Wildman–Crippen LogP) is 2.30. The Kier molecular flexibility index (Phi) is 13.7. The van der Waals surface area contributed by atoms with Gasteiger partial charge in [0.25, 0.3) is 0 Å². The zero-order valence-electron chi connectivity index (χ0n) is 15.1. The van der Waals surface area contributed by atoms with Crippen LogP contribution in [0.1, 0.15) is 12.8 Å². The monoisotopic (exact) mass is 414 g/mol. The molecule has 0 aromatic carbocycles. The van der Waals surface area contributed by atoms with Gasteiger partial charge >= 0.3 is 0 Å². The SMILES string of the molecule is O=C1C=CC=CC1=CNCCC[N-]CCCNC=C1C=CC=CC1=O.[Co].[OH-]. The number of hydrogen-bond acceptors (Lipinski definition) is 5. The van der Waals surface area contributed by atoms with Crippen LogP contribution in [0.15, 0.2) is 72.2 Å².